The standard InChI is InChI=1S/C11H20N4O2S2/c1-14(2)11(15(3)4)12-7-8-13-19(16,17)10-6-5-9-18-10/h5-6,9,13H,7-8H2,1-4H3. The number of aliphatic imine (C=N–C) groups is 1. The number of guanidine groups is 1. The number of nitrogens with zero attached hydrogens (tertiary/aromatic N) is 3. The summed E-state index contributed by atoms with van der Waals surface area (Å²) in [6.07, 6.45) is 0. The van der Waals surface area contributed by atoms with Gasteiger partial charge in [-0.1, -0.05) is 6.07 Å². The maximum absolute atomic E-state index is 11.8. The van der Waals surface area contributed by atoms with Crippen LogP contribution in [0.1, 0.15) is 0 Å². The van der Waals surface area contributed by atoms with Crippen LogP contribution in [-0.2, 0) is 10.0 Å². The van der Waals surface area contributed by atoms with Gasteiger partial charge in [-0.25, -0.2) is 13.1 Å². The molecule has 0 saturated heterocycles. The topological polar surface area (TPSA) is 65.0 Å². The molecule has 0 spiro atoms. The third-order valence-corrected chi connectivity index (χ3v) is 5.08. The zero-order chi connectivity index (χ0) is 14.5. The number of hydrogen-bond acceptors (Lipinski definition) is 4. The van der Waals surface area contributed by atoms with Crippen molar-refractivity contribution in [2.75, 3.05) is 41.3 Å². The van der Waals surface area contributed by atoms with Gasteiger partial charge in [0, 0.05) is 34.7 Å². The predicted molar refractivity (Wildman–Crippen MR) is 79.2 cm³/mol. The van der Waals surface area contributed by atoms with Gasteiger partial charge in [0.25, 0.3) is 0 Å². The summed E-state index contributed by atoms with van der Waals surface area (Å²) in [5.74, 6) is 0.801. The quantitative estimate of drug-likeness (QED) is 0.489. The zero-order valence-corrected chi connectivity index (χ0v) is 13.3. The summed E-state index contributed by atoms with van der Waals surface area (Å²) >= 11 is 1.20. The molecule has 8 heteroatoms. The van der Waals surface area contributed by atoms with Gasteiger partial charge in [0.05, 0.1) is 6.54 Å². The Morgan fingerprint density at radius 2 is 1.95 bits per heavy atom. The Balaban J connectivity index is 2.53. The molecule has 0 fully saturated rings. The first-order chi connectivity index (χ1) is 8.84. The van der Waals surface area contributed by atoms with Crippen LogP contribution in [0.15, 0.2) is 26.7 Å². The first-order valence-corrected chi connectivity index (χ1v) is 8.13. The van der Waals surface area contributed by atoms with E-state index in [1.54, 1.807) is 17.5 Å². The van der Waals surface area contributed by atoms with Crippen molar-refractivity contribution in [1.29, 1.82) is 0 Å². The van der Waals surface area contributed by atoms with Gasteiger partial charge in [0.2, 0.25) is 10.0 Å². The molecule has 0 unspecified atom stereocenters. The van der Waals surface area contributed by atoms with Crippen LogP contribution in [0.2, 0.25) is 0 Å². The van der Waals surface area contributed by atoms with Crippen LogP contribution in [0.5, 0.6) is 0 Å². The van der Waals surface area contributed by atoms with Crippen LogP contribution in [0.3, 0.4) is 0 Å². The number of rotatable bonds is 5. The lowest BCUT2D eigenvalue weighted by atomic mass is 10.6. The van der Waals surface area contributed by atoms with Crippen molar-refractivity contribution in [3.05, 3.63) is 17.5 Å². The Morgan fingerprint density at radius 1 is 1.32 bits per heavy atom. The average Bonchev–Trinajstić information content (AvgIpc) is 2.81. The SMILES string of the molecule is CN(C)C(=NCCNS(=O)(=O)c1cccs1)N(C)C. The van der Waals surface area contributed by atoms with Gasteiger partial charge in [0.1, 0.15) is 4.21 Å². The van der Waals surface area contributed by atoms with E-state index >= 15 is 0 Å². The molecular weight excluding hydrogens is 284 g/mol. The Morgan fingerprint density at radius 3 is 2.42 bits per heavy atom. The molecule has 1 aromatic rings. The van der Waals surface area contributed by atoms with Crippen molar-refractivity contribution in [2.24, 2.45) is 4.99 Å². The van der Waals surface area contributed by atoms with Crippen LogP contribution in [0.4, 0.5) is 0 Å². The van der Waals surface area contributed by atoms with E-state index in [1.165, 1.54) is 11.3 Å². The zero-order valence-electron chi connectivity index (χ0n) is 11.6. The Labute approximate surface area is 118 Å². The van der Waals surface area contributed by atoms with E-state index in [4.69, 9.17) is 0 Å². The molecule has 0 aliphatic heterocycles. The van der Waals surface area contributed by atoms with Crippen molar-refractivity contribution >= 4 is 27.3 Å². The molecule has 1 rings (SSSR count). The van der Waals surface area contributed by atoms with Crippen molar-refractivity contribution in [2.45, 2.75) is 4.21 Å². The summed E-state index contributed by atoms with van der Waals surface area (Å²) in [5, 5.41) is 1.74. The lowest BCUT2D eigenvalue weighted by Crippen LogP contribution is -2.36. The second-order valence-corrected chi connectivity index (χ2v) is 7.24. The number of nitrogens with one attached hydrogen (secondary N) is 1. The molecule has 0 saturated carbocycles. The van der Waals surface area contributed by atoms with Crippen molar-refractivity contribution in [3.8, 4) is 0 Å². The largest absolute Gasteiger partial charge is 0.349 e. The maximum atomic E-state index is 11.8. The van der Waals surface area contributed by atoms with Gasteiger partial charge in [-0.2, -0.15) is 0 Å². The predicted octanol–water partition coefficient (Wildman–Crippen LogP) is 0.506. The molecule has 6 nitrogen and oxygen atoms in total. The van der Waals surface area contributed by atoms with E-state index < -0.39 is 10.0 Å². The average molecular weight is 304 g/mol. The first kappa shape index (κ1) is 15.9. The molecule has 0 radical (unpaired) electrons. The lowest BCUT2D eigenvalue weighted by Gasteiger charge is -2.22. The highest BCUT2D eigenvalue weighted by molar-refractivity contribution is 7.91. The molecule has 1 aromatic heterocycles. The second-order valence-electron chi connectivity index (χ2n) is 4.30. The third kappa shape index (κ3) is 4.81. The van der Waals surface area contributed by atoms with Gasteiger partial charge >= 0.3 is 0 Å². The van der Waals surface area contributed by atoms with Crippen LogP contribution >= 0.6 is 11.3 Å². The third-order valence-electron chi connectivity index (χ3n) is 2.22. The normalized spacial score (nSPS) is 11.2. The molecule has 0 bridgehead atoms. The monoisotopic (exact) mass is 304 g/mol. The summed E-state index contributed by atoms with van der Waals surface area (Å²) in [5.41, 5.74) is 0. The molecule has 0 aliphatic rings. The van der Waals surface area contributed by atoms with Crippen LogP contribution < -0.4 is 4.72 Å². The second kappa shape index (κ2) is 6.88. The highest BCUT2D eigenvalue weighted by atomic mass is 32.2. The minimum atomic E-state index is -3.38. The van der Waals surface area contributed by atoms with Crippen LogP contribution in [-0.4, -0.2) is 65.5 Å². The van der Waals surface area contributed by atoms with Crippen molar-refractivity contribution in [3.63, 3.8) is 0 Å². The summed E-state index contributed by atoms with van der Waals surface area (Å²) in [4.78, 5) is 8.12. The van der Waals surface area contributed by atoms with Crippen molar-refractivity contribution < 1.29 is 8.42 Å². The minimum absolute atomic E-state index is 0.283. The van der Waals surface area contributed by atoms with Gasteiger partial charge in [-0.3, -0.25) is 4.99 Å². The fourth-order valence-electron chi connectivity index (χ4n) is 1.51. The molecular formula is C11H20N4O2S2. The fraction of sp³-hybridized carbons (Fsp3) is 0.545. The summed E-state index contributed by atoms with van der Waals surface area (Å²) < 4.78 is 26.5. The smallest absolute Gasteiger partial charge is 0.250 e. The summed E-state index contributed by atoms with van der Waals surface area (Å²) in [7, 11) is 4.21. The fourth-order valence-corrected chi connectivity index (χ4v) is 3.56. The molecule has 19 heavy (non-hydrogen) atoms. The molecule has 1 N–H and O–H groups in total. The molecule has 1 heterocycles. The highest BCUT2D eigenvalue weighted by Gasteiger charge is 2.13. The van der Waals surface area contributed by atoms with Gasteiger partial charge in [-0.05, 0) is 11.4 Å². The van der Waals surface area contributed by atoms with Crippen LogP contribution in [0, 0.1) is 0 Å². The first-order valence-electron chi connectivity index (χ1n) is 5.77. The summed E-state index contributed by atoms with van der Waals surface area (Å²) in [6, 6.07) is 3.30. The highest BCUT2D eigenvalue weighted by Crippen LogP contribution is 2.14. The van der Waals surface area contributed by atoms with E-state index in [9.17, 15) is 8.42 Å². The molecule has 0 atom stereocenters. The molecule has 0 aromatic carbocycles. The molecule has 108 valence electrons. The van der Waals surface area contributed by atoms with Gasteiger partial charge in [-0.15, -0.1) is 11.3 Å². The molecule has 0 amide bonds. The van der Waals surface area contributed by atoms with E-state index in [0.717, 1.165) is 5.96 Å². The molecule has 0 aliphatic carbocycles. The lowest BCUT2D eigenvalue weighted by molar-refractivity contribution is 0.479. The van der Waals surface area contributed by atoms with Gasteiger partial charge in [0.15, 0.2) is 5.96 Å². The minimum Gasteiger partial charge on any atom is -0.349 e. The summed E-state index contributed by atoms with van der Waals surface area (Å²) in [6.45, 7) is 0.682. The number of sulfonamides is 1. The van der Waals surface area contributed by atoms with Crippen LogP contribution in [0.25, 0.3) is 0 Å². The number of thiophene rings is 1. The van der Waals surface area contributed by atoms with E-state index in [1.807, 2.05) is 38.0 Å². The number of hydrogen-bond donors (Lipinski definition) is 1. The van der Waals surface area contributed by atoms with E-state index in [-0.39, 0.29) is 6.54 Å². The Hall–Kier alpha value is -1.12. The Kier molecular flexibility index (Phi) is 5.77. The van der Waals surface area contributed by atoms with Gasteiger partial charge < -0.3 is 9.80 Å². The van der Waals surface area contributed by atoms with E-state index in [2.05, 4.69) is 9.71 Å². The van der Waals surface area contributed by atoms with Crippen molar-refractivity contribution in [1.82, 2.24) is 14.5 Å². The van der Waals surface area contributed by atoms with E-state index in [0.29, 0.717) is 10.8 Å². The Bertz CT molecular complexity index is 497. The maximum Gasteiger partial charge on any atom is 0.250 e.